The Kier molecular flexibility index (Phi) is 7.69. The largest absolute Gasteiger partial charge is 0.441 e. The normalized spacial score (nSPS) is 10.9. The molecule has 0 bridgehead atoms. The van der Waals surface area contributed by atoms with Gasteiger partial charge in [-0.3, -0.25) is 4.79 Å². The average Bonchev–Trinajstić information content (AvgIpc) is 3.18. The number of halogens is 2. The highest BCUT2D eigenvalue weighted by Crippen LogP contribution is 2.30. The zero-order valence-corrected chi connectivity index (χ0v) is 17.4. The fraction of sp³-hybridized carbons (Fsp3) is 0.273. The van der Waals surface area contributed by atoms with E-state index in [1.807, 2.05) is 30.3 Å². The average molecular weight is 433 g/mol. The summed E-state index contributed by atoms with van der Waals surface area (Å²) in [5.74, 6) is 0.955. The van der Waals surface area contributed by atoms with E-state index >= 15 is 0 Å². The SMILES string of the molecule is O=C(CCc1ncc(-c2ccc(Cl)cc2Cl)o1)N(CCO)CCc1ccccc1. The van der Waals surface area contributed by atoms with Crippen molar-refractivity contribution in [1.29, 1.82) is 0 Å². The first-order valence-corrected chi connectivity index (χ1v) is 10.1. The lowest BCUT2D eigenvalue weighted by Gasteiger charge is -2.21. The van der Waals surface area contributed by atoms with E-state index in [-0.39, 0.29) is 18.9 Å². The molecule has 0 atom stereocenters. The van der Waals surface area contributed by atoms with Gasteiger partial charge < -0.3 is 14.4 Å². The van der Waals surface area contributed by atoms with E-state index in [1.54, 1.807) is 29.3 Å². The number of aliphatic hydroxyl groups excluding tert-OH is 1. The molecule has 1 heterocycles. The van der Waals surface area contributed by atoms with Gasteiger partial charge in [-0.1, -0.05) is 53.5 Å². The van der Waals surface area contributed by atoms with Crippen molar-refractivity contribution >= 4 is 29.1 Å². The molecule has 0 saturated carbocycles. The van der Waals surface area contributed by atoms with Gasteiger partial charge in [0.05, 0.1) is 17.8 Å². The van der Waals surface area contributed by atoms with Crippen LogP contribution in [-0.4, -0.2) is 40.6 Å². The van der Waals surface area contributed by atoms with Crippen molar-refractivity contribution in [3.63, 3.8) is 0 Å². The summed E-state index contributed by atoms with van der Waals surface area (Å²) in [7, 11) is 0. The molecule has 1 amide bonds. The van der Waals surface area contributed by atoms with Gasteiger partial charge in [0.2, 0.25) is 5.91 Å². The second-order valence-corrected chi connectivity index (χ2v) is 7.43. The number of nitrogens with zero attached hydrogens (tertiary/aromatic N) is 2. The van der Waals surface area contributed by atoms with Crippen LogP contribution in [0.3, 0.4) is 0 Å². The van der Waals surface area contributed by atoms with Crippen LogP contribution in [0.5, 0.6) is 0 Å². The van der Waals surface area contributed by atoms with Gasteiger partial charge in [0.1, 0.15) is 0 Å². The van der Waals surface area contributed by atoms with Gasteiger partial charge in [-0.05, 0) is 30.2 Å². The minimum atomic E-state index is -0.0707. The summed E-state index contributed by atoms with van der Waals surface area (Å²) in [5.41, 5.74) is 1.85. The number of hydrogen-bond donors (Lipinski definition) is 1. The van der Waals surface area contributed by atoms with Gasteiger partial charge in [0.25, 0.3) is 0 Å². The van der Waals surface area contributed by atoms with Crippen molar-refractivity contribution in [2.24, 2.45) is 0 Å². The summed E-state index contributed by atoms with van der Waals surface area (Å²) in [4.78, 5) is 18.5. The lowest BCUT2D eigenvalue weighted by atomic mass is 10.1. The molecule has 5 nitrogen and oxygen atoms in total. The number of oxazole rings is 1. The minimum Gasteiger partial charge on any atom is -0.441 e. The summed E-state index contributed by atoms with van der Waals surface area (Å²) in [6.07, 6.45) is 2.96. The predicted octanol–water partition coefficient (Wildman–Crippen LogP) is 4.64. The first kappa shape index (κ1) is 21.4. The van der Waals surface area contributed by atoms with E-state index in [9.17, 15) is 9.90 Å². The van der Waals surface area contributed by atoms with Crippen LogP contribution in [0.25, 0.3) is 11.3 Å². The predicted molar refractivity (Wildman–Crippen MR) is 114 cm³/mol. The molecule has 0 aliphatic rings. The number of benzene rings is 2. The van der Waals surface area contributed by atoms with Crippen molar-refractivity contribution in [1.82, 2.24) is 9.88 Å². The molecule has 0 aliphatic carbocycles. The van der Waals surface area contributed by atoms with Crippen LogP contribution < -0.4 is 0 Å². The molecule has 7 heteroatoms. The Labute approximate surface area is 179 Å². The topological polar surface area (TPSA) is 66.6 Å². The third kappa shape index (κ3) is 6.07. The van der Waals surface area contributed by atoms with E-state index in [4.69, 9.17) is 27.6 Å². The second-order valence-electron chi connectivity index (χ2n) is 6.58. The van der Waals surface area contributed by atoms with Gasteiger partial charge in [0, 0.05) is 36.5 Å². The molecule has 152 valence electrons. The Balaban J connectivity index is 1.57. The molecule has 1 N–H and O–H groups in total. The lowest BCUT2D eigenvalue weighted by Crippen LogP contribution is -2.35. The number of carbonyl (C=O) groups is 1. The van der Waals surface area contributed by atoms with Gasteiger partial charge in [-0.25, -0.2) is 4.98 Å². The Morgan fingerprint density at radius 3 is 2.59 bits per heavy atom. The summed E-state index contributed by atoms with van der Waals surface area (Å²) < 4.78 is 5.75. The van der Waals surface area contributed by atoms with Gasteiger partial charge >= 0.3 is 0 Å². The van der Waals surface area contributed by atoms with E-state index in [0.29, 0.717) is 46.8 Å². The fourth-order valence-electron chi connectivity index (χ4n) is 3.00. The molecule has 0 saturated heterocycles. The second kappa shape index (κ2) is 10.4. The van der Waals surface area contributed by atoms with E-state index in [0.717, 1.165) is 12.0 Å². The number of aryl methyl sites for hydroxylation is 1. The zero-order valence-electron chi connectivity index (χ0n) is 15.9. The molecule has 3 rings (SSSR count). The standard InChI is InChI=1S/C22H22Cl2N2O3/c23-17-6-7-18(19(24)14-17)20-15-25-21(29-20)8-9-22(28)26(12-13-27)11-10-16-4-2-1-3-5-16/h1-7,14-15,27H,8-13H2. The minimum absolute atomic E-state index is 0.0424. The summed E-state index contributed by atoms with van der Waals surface area (Å²) in [5, 5.41) is 10.3. The number of aromatic nitrogens is 1. The highest BCUT2D eigenvalue weighted by molar-refractivity contribution is 6.36. The van der Waals surface area contributed by atoms with Gasteiger partial charge in [0.15, 0.2) is 11.7 Å². The zero-order chi connectivity index (χ0) is 20.6. The molecule has 2 aromatic carbocycles. The maximum atomic E-state index is 12.6. The van der Waals surface area contributed by atoms with E-state index < -0.39 is 0 Å². The first-order valence-electron chi connectivity index (χ1n) is 9.39. The molecule has 1 aromatic heterocycles. The number of hydrogen-bond acceptors (Lipinski definition) is 4. The van der Waals surface area contributed by atoms with E-state index in [2.05, 4.69) is 4.98 Å². The molecule has 0 fully saturated rings. The van der Waals surface area contributed by atoms with Crippen LogP contribution in [0.15, 0.2) is 59.1 Å². The molecule has 3 aromatic rings. The molecule has 29 heavy (non-hydrogen) atoms. The molecule has 0 aliphatic heterocycles. The smallest absolute Gasteiger partial charge is 0.223 e. The molecular weight excluding hydrogens is 411 g/mol. The summed E-state index contributed by atoms with van der Waals surface area (Å²) >= 11 is 12.1. The van der Waals surface area contributed by atoms with Crippen molar-refractivity contribution in [3.8, 4) is 11.3 Å². The Morgan fingerprint density at radius 1 is 1.07 bits per heavy atom. The number of rotatable bonds is 9. The quantitative estimate of drug-likeness (QED) is 0.534. The van der Waals surface area contributed by atoms with E-state index in [1.165, 1.54) is 0 Å². The van der Waals surface area contributed by atoms with Gasteiger partial charge in [-0.2, -0.15) is 0 Å². The fourth-order valence-corrected chi connectivity index (χ4v) is 3.50. The van der Waals surface area contributed by atoms with Crippen molar-refractivity contribution in [3.05, 3.63) is 76.2 Å². The summed E-state index contributed by atoms with van der Waals surface area (Å²) in [6, 6.07) is 15.1. The van der Waals surface area contributed by atoms with Crippen LogP contribution in [0.4, 0.5) is 0 Å². The molecule has 0 spiro atoms. The third-order valence-corrected chi connectivity index (χ3v) is 5.09. The molecular formula is C22H22Cl2N2O3. The Morgan fingerprint density at radius 2 is 1.86 bits per heavy atom. The van der Waals surface area contributed by atoms with Crippen LogP contribution in [0.1, 0.15) is 17.9 Å². The maximum absolute atomic E-state index is 12.6. The Bertz CT molecular complexity index is 944. The Hall–Kier alpha value is -2.34. The molecule has 0 radical (unpaired) electrons. The number of carbonyl (C=O) groups excluding carboxylic acids is 1. The molecule has 0 unspecified atom stereocenters. The van der Waals surface area contributed by atoms with Crippen molar-refractivity contribution < 1.29 is 14.3 Å². The van der Waals surface area contributed by atoms with Crippen LogP contribution in [0, 0.1) is 0 Å². The van der Waals surface area contributed by atoms with Crippen LogP contribution in [-0.2, 0) is 17.6 Å². The van der Waals surface area contributed by atoms with Gasteiger partial charge in [-0.15, -0.1) is 0 Å². The number of aliphatic hydroxyl groups is 1. The van der Waals surface area contributed by atoms with Crippen molar-refractivity contribution in [2.75, 3.05) is 19.7 Å². The van der Waals surface area contributed by atoms with Crippen LogP contribution in [0.2, 0.25) is 10.0 Å². The first-order chi connectivity index (χ1) is 14.1. The van der Waals surface area contributed by atoms with Crippen LogP contribution >= 0.6 is 23.2 Å². The monoisotopic (exact) mass is 432 g/mol. The maximum Gasteiger partial charge on any atom is 0.223 e. The lowest BCUT2D eigenvalue weighted by molar-refractivity contribution is -0.131. The summed E-state index contributed by atoms with van der Waals surface area (Å²) in [6.45, 7) is 0.794. The third-order valence-electron chi connectivity index (χ3n) is 4.54. The highest BCUT2D eigenvalue weighted by atomic mass is 35.5. The highest BCUT2D eigenvalue weighted by Gasteiger charge is 2.16. The number of amides is 1. The van der Waals surface area contributed by atoms with Crippen molar-refractivity contribution in [2.45, 2.75) is 19.3 Å².